The minimum Gasteiger partial charge on any atom is -0.463 e. The van der Waals surface area contributed by atoms with E-state index < -0.39 is 5.97 Å². The molecule has 2 rings (SSSR count). The number of carbonyl (C=O) groups excluding carboxylic acids is 1. The van der Waals surface area contributed by atoms with E-state index in [0.717, 1.165) is 0 Å². The van der Waals surface area contributed by atoms with Crippen molar-refractivity contribution in [2.24, 2.45) is 0 Å². The van der Waals surface area contributed by atoms with Crippen LogP contribution < -0.4 is 0 Å². The molecule has 0 amide bonds. The Labute approximate surface area is 88.2 Å². The number of aromatic nitrogens is 4. The van der Waals surface area contributed by atoms with Crippen LogP contribution in [0.25, 0.3) is 11.4 Å². The molecule has 2 heterocycles. The lowest BCUT2D eigenvalue weighted by Crippen LogP contribution is -2.08. The van der Waals surface area contributed by atoms with Crippen molar-refractivity contribution >= 4 is 29.1 Å². The molecule has 78 valence electrons. The summed E-state index contributed by atoms with van der Waals surface area (Å²) >= 11 is 1.31. The summed E-state index contributed by atoms with van der Waals surface area (Å²) in [6.07, 6.45) is 1.80. The van der Waals surface area contributed by atoms with Crippen LogP contribution in [-0.2, 0) is 4.74 Å². The Morgan fingerprint density at radius 1 is 1.40 bits per heavy atom. The number of methoxy groups -OCH3 is 1. The third-order valence-corrected chi connectivity index (χ3v) is 2.09. The minimum absolute atomic E-state index is 0.145. The van der Waals surface area contributed by atoms with Crippen LogP contribution in [0, 0.1) is 0 Å². The van der Waals surface area contributed by atoms with Crippen molar-refractivity contribution < 1.29 is 13.9 Å². The van der Waals surface area contributed by atoms with E-state index in [1.807, 2.05) is 0 Å². The molecule has 0 aromatic carbocycles. The van der Waals surface area contributed by atoms with E-state index in [1.54, 1.807) is 6.26 Å². The smallest absolute Gasteiger partial charge is 0.378 e. The highest BCUT2D eigenvalue weighted by molar-refractivity contribution is 7.98. The van der Waals surface area contributed by atoms with Gasteiger partial charge in [-0.1, -0.05) is 11.8 Å². The van der Waals surface area contributed by atoms with Crippen LogP contribution >= 0.6 is 11.8 Å². The second-order valence-electron chi connectivity index (χ2n) is 2.44. The summed E-state index contributed by atoms with van der Waals surface area (Å²) in [7, 11) is 1.24. The zero-order valence-electron chi connectivity index (χ0n) is 7.92. The number of hydrogen-bond donors (Lipinski definition) is 0. The van der Waals surface area contributed by atoms with Crippen LogP contribution in [0.15, 0.2) is 9.64 Å². The van der Waals surface area contributed by atoms with Gasteiger partial charge < -0.3 is 9.15 Å². The minimum atomic E-state index is -0.661. The number of carbonyl (C=O) groups is 1. The quantitative estimate of drug-likeness (QED) is 0.540. The fourth-order valence-corrected chi connectivity index (χ4v) is 1.24. The van der Waals surface area contributed by atoms with Crippen LogP contribution in [0.3, 0.4) is 0 Å². The van der Waals surface area contributed by atoms with E-state index in [2.05, 4.69) is 24.9 Å². The second kappa shape index (κ2) is 3.81. The monoisotopic (exact) mass is 226 g/mol. The number of rotatable bonds is 2. The van der Waals surface area contributed by atoms with Gasteiger partial charge in [-0.25, -0.2) is 4.79 Å². The summed E-state index contributed by atoms with van der Waals surface area (Å²) in [4.78, 5) is 18.9. The third kappa shape index (κ3) is 1.75. The summed E-state index contributed by atoms with van der Waals surface area (Å²) in [6.45, 7) is 0. The molecule has 0 aliphatic heterocycles. The molecule has 0 saturated heterocycles. The topological polar surface area (TPSA) is 91.0 Å². The van der Waals surface area contributed by atoms with Crippen molar-refractivity contribution in [3.05, 3.63) is 5.82 Å². The van der Waals surface area contributed by atoms with Crippen molar-refractivity contribution in [1.29, 1.82) is 0 Å². The summed E-state index contributed by atoms with van der Waals surface area (Å²) in [6, 6.07) is 0. The Bertz CT molecular complexity index is 512. The van der Waals surface area contributed by atoms with Gasteiger partial charge in [0.05, 0.1) is 7.11 Å². The molecule has 2 aromatic heterocycles. The first kappa shape index (κ1) is 9.84. The van der Waals surface area contributed by atoms with Gasteiger partial charge in [0.15, 0.2) is 0 Å². The van der Waals surface area contributed by atoms with E-state index in [1.165, 1.54) is 18.9 Å². The van der Waals surface area contributed by atoms with Gasteiger partial charge in [-0.3, -0.25) is 0 Å². The first-order chi connectivity index (χ1) is 7.24. The Balaban J connectivity index is 2.50. The maximum absolute atomic E-state index is 11.1. The molecule has 0 atom stereocenters. The van der Waals surface area contributed by atoms with Crippen LogP contribution in [-0.4, -0.2) is 39.5 Å². The number of fused-ring (bicyclic) bond motifs is 1. The normalized spacial score (nSPS) is 10.5. The Kier molecular flexibility index (Phi) is 2.50. The molecule has 7 nitrogen and oxygen atoms in total. The van der Waals surface area contributed by atoms with E-state index in [0.29, 0.717) is 5.22 Å². The first-order valence-electron chi connectivity index (χ1n) is 3.88. The summed E-state index contributed by atoms with van der Waals surface area (Å²) in [5, 5.41) is 7.67. The zero-order valence-corrected chi connectivity index (χ0v) is 8.74. The van der Waals surface area contributed by atoms with Crippen LogP contribution in [0.5, 0.6) is 0 Å². The molecule has 8 heteroatoms. The highest BCUT2D eigenvalue weighted by Gasteiger charge is 2.14. The average molecular weight is 226 g/mol. The molecule has 0 radical (unpaired) electrons. The molecule has 0 saturated carbocycles. The fourth-order valence-electron chi connectivity index (χ4n) is 0.902. The van der Waals surface area contributed by atoms with Crippen LogP contribution in [0.4, 0.5) is 0 Å². The molecule has 0 aliphatic rings. The summed E-state index contributed by atoms with van der Waals surface area (Å²) < 4.78 is 9.63. The molecule has 0 unspecified atom stereocenters. The molecule has 2 aromatic rings. The number of nitrogens with zero attached hydrogens (tertiary/aromatic N) is 4. The molecule has 0 bridgehead atoms. The first-order valence-corrected chi connectivity index (χ1v) is 5.10. The Morgan fingerprint density at radius 2 is 2.20 bits per heavy atom. The van der Waals surface area contributed by atoms with E-state index in [4.69, 9.17) is 4.42 Å². The predicted molar refractivity (Wildman–Crippen MR) is 50.5 cm³/mol. The average Bonchev–Trinajstić information content (AvgIpc) is 2.69. The van der Waals surface area contributed by atoms with Gasteiger partial charge in [-0.05, 0) is 6.26 Å². The van der Waals surface area contributed by atoms with Crippen molar-refractivity contribution in [3.8, 4) is 0 Å². The number of oxazole rings is 1. The SMILES string of the molecule is COC(=O)c1nnc2nc(SC)oc2n1. The lowest BCUT2D eigenvalue weighted by atomic mass is 10.6. The van der Waals surface area contributed by atoms with Gasteiger partial charge in [0.2, 0.25) is 5.65 Å². The summed E-state index contributed by atoms with van der Waals surface area (Å²) in [5.74, 6) is -0.805. The van der Waals surface area contributed by atoms with Gasteiger partial charge in [-0.15, -0.1) is 10.2 Å². The zero-order chi connectivity index (χ0) is 10.8. The molecule has 0 fully saturated rings. The van der Waals surface area contributed by atoms with Gasteiger partial charge >= 0.3 is 5.97 Å². The molecule has 0 aliphatic carbocycles. The van der Waals surface area contributed by atoms with Crippen molar-refractivity contribution in [1.82, 2.24) is 20.2 Å². The molecular formula is C7H6N4O3S. The van der Waals surface area contributed by atoms with Crippen molar-refractivity contribution in [2.75, 3.05) is 13.4 Å². The number of thioether (sulfide) groups is 1. The largest absolute Gasteiger partial charge is 0.463 e. The molecule has 0 N–H and O–H groups in total. The fraction of sp³-hybridized carbons (Fsp3) is 0.286. The standard InChI is InChI=1S/C7H6N4O3S/c1-13-6(12)4-8-5-3(10-11-4)9-7(14-5)15-2/h1-2H3. The van der Waals surface area contributed by atoms with E-state index >= 15 is 0 Å². The second-order valence-corrected chi connectivity index (χ2v) is 3.20. The van der Waals surface area contributed by atoms with E-state index in [9.17, 15) is 4.79 Å². The van der Waals surface area contributed by atoms with Crippen molar-refractivity contribution in [2.45, 2.75) is 5.22 Å². The number of hydrogen-bond acceptors (Lipinski definition) is 8. The highest BCUT2D eigenvalue weighted by atomic mass is 32.2. The molecule has 15 heavy (non-hydrogen) atoms. The molecular weight excluding hydrogens is 220 g/mol. The van der Waals surface area contributed by atoms with Crippen LogP contribution in [0.2, 0.25) is 0 Å². The molecule has 0 spiro atoms. The number of ether oxygens (including phenoxy) is 1. The van der Waals surface area contributed by atoms with Crippen molar-refractivity contribution in [3.63, 3.8) is 0 Å². The predicted octanol–water partition coefficient (Wildman–Crippen LogP) is 0.521. The highest BCUT2D eigenvalue weighted by Crippen LogP contribution is 2.17. The van der Waals surface area contributed by atoms with Gasteiger partial charge in [0, 0.05) is 0 Å². The third-order valence-electron chi connectivity index (χ3n) is 1.56. The summed E-state index contributed by atoms with van der Waals surface area (Å²) in [5.41, 5.74) is 0.446. The van der Waals surface area contributed by atoms with Crippen LogP contribution in [0.1, 0.15) is 10.6 Å². The van der Waals surface area contributed by atoms with E-state index in [-0.39, 0.29) is 17.2 Å². The maximum Gasteiger partial charge on any atom is 0.378 e. The van der Waals surface area contributed by atoms with Gasteiger partial charge in [0.25, 0.3) is 16.8 Å². The Morgan fingerprint density at radius 3 is 2.87 bits per heavy atom. The number of esters is 1. The maximum atomic E-state index is 11.1. The van der Waals surface area contributed by atoms with Gasteiger partial charge in [0.1, 0.15) is 0 Å². The lowest BCUT2D eigenvalue weighted by molar-refractivity contribution is 0.0585. The lowest BCUT2D eigenvalue weighted by Gasteiger charge is -1.93. The van der Waals surface area contributed by atoms with Gasteiger partial charge in [-0.2, -0.15) is 9.97 Å². The Hall–Kier alpha value is -1.70.